The van der Waals surface area contributed by atoms with Crippen LogP contribution < -0.4 is 5.32 Å². The highest BCUT2D eigenvalue weighted by Gasteiger charge is 2.08. The molecule has 0 aliphatic heterocycles. The molecule has 0 fully saturated rings. The van der Waals surface area contributed by atoms with Crippen LogP contribution in [0.4, 0.5) is 11.5 Å². The summed E-state index contributed by atoms with van der Waals surface area (Å²) in [6.45, 7) is 4.15. The lowest BCUT2D eigenvalue weighted by atomic mass is 10.2. The van der Waals surface area contributed by atoms with E-state index in [0.29, 0.717) is 0 Å². The minimum atomic E-state index is 0.275. The van der Waals surface area contributed by atoms with Crippen molar-refractivity contribution in [1.82, 2.24) is 15.0 Å². The summed E-state index contributed by atoms with van der Waals surface area (Å²) >= 11 is 3.44. The normalized spacial score (nSPS) is 11.0. The number of fused-ring (bicyclic) bond motifs is 1. The maximum absolute atomic E-state index is 4.56. The highest BCUT2D eigenvalue weighted by atomic mass is 79.9. The molecular formula is C16H15BrN4. The molecule has 1 N–H and O–H groups in total. The van der Waals surface area contributed by atoms with Gasteiger partial charge in [0.2, 0.25) is 0 Å². The summed E-state index contributed by atoms with van der Waals surface area (Å²) < 4.78 is 0.780. The van der Waals surface area contributed by atoms with Gasteiger partial charge in [0.15, 0.2) is 0 Å². The lowest BCUT2D eigenvalue weighted by molar-refractivity contribution is 0.771. The van der Waals surface area contributed by atoms with Crippen molar-refractivity contribution >= 4 is 38.3 Å². The van der Waals surface area contributed by atoms with Crippen molar-refractivity contribution in [2.45, 2.75) is 19.8 Å². The van der Waals surface area contributed by atoms with E-state index in [1.54, 1.807) is 6.20 Å². The van der Waals surface area contributed by atoms with Gasteiger partial charge in [-0.2, -0.15) is 0 Å². The molecule has 2 aromatic heterocycles. The second kappa shape index (κ2) is 5.77. The van der Waals surface area contributed by atoms with Gasteiger partial charge in [0.25, 0.3) is 0 Å². The van der Waals surface area contributed by atoms with Crippen LogP contribution in [0.3, 0.4) is 0 Å². The fourth-order valence-electron chi connectivity index (χ4n) is 2.11. The summed E-state index contributed by atoms with van der Waals surface area (Å²) in [6.07, 6.45) is 1.80. The summed E-state index contributed by atoms with van der Waals surface area (Å²) in [6, 6.07) is 11.9. The molecule has 4 nitrogen and oxygen atoms in total. The largest absolute Gasteiger partial charge is 0.340 e. The van der Waals surface area contributed by atoms with Gasteiger partial charge >= 0.3 is 0 Å². The van der Waals surface area contributed by atoms with Crippen LogP contribution in [0.5, 0.6) is 0 Å². The SMILES string of the molecule is CC(C)c1nc(Br)cc(Nc2cccc3ncccc23)n1. The van der Waals surface area contributed by atoms with E-state index in [1.807, 2.05) is 36.4 Å². The summed E-state index contributed by atoms with van der Waals surface area (Å²) in [5, 5.41) is 4.43. The average Bonchev–Trinajstić information content (AvgIpc) is 2.47. The number of hydrogen-bond acceptors (Lipinski definition) is 4. The van der Waals surface area contributed by atoms with Gasteiger partial charge in [-0.15, -0.1) is 0 Å². The molecule has 0 radical (unpaired) electrons. The molecule has 3 aromatic rings. The molecule has 0 aliphatic rings. The Labute approximate surface area is 131 Å². The average molecular weight is 343 g/mol. The van der Waals surface area contributed by atoms with E-state index in [-0.39, 0.29) is 5.92 Å². The summed E-state index contributed by atoms with van der Waals surface area (Å²) in [5.41, 5.74) is 1.95. The minimum absolute atomic E-state index is 0.275. The first kappa shape index (κ1) is 13.9. The summed E-state index contributed by atoms with van der Waals surface area (Å²) in [5.74, 6) is 1.86. The van der Waals surface area contributed by atoms with Crippen LogP contribution in [0.2, 0.25) is 0 Å². The predicted octanol–water partition coefficient (Wildman–Crippen LogP) is 4.65. The van der Waals surface area contributed by atoms with E-state index in [9.17, 15) is 0 Å². The molecule has 106 valence electrons. The monoisotopic (exact) mass is 342 g/mol. The zero-order valence-corrected chi connectivity index (χ0v) is 13.4. The topological polar surface area (TPSA) is 50.7 Å². The number of anilines is 2. The number of aromatic nitrogens is 3. The molecule has 0 unspecified atom stereocenters. The molecule has 2 heterocycles. The third kappa shape index (κ3) is 3.03. The quantitative estimate of drug-likeness (QED) is 0.703. The molecular weight excluding hydrogens is 328 g/mol. The standard InChI is InChI=1S/C16H15BrN4/c1-10(2)16-20-14(17)9-15(21-16)19-13-7-3-6-12-11(13)5-4-8-18-12/h3-10H,1-2H3,(H,19,20,21). The molecule has 5 heteroatoms. The zero-order valence-electron chi connectivity index (χ0n) is 11.8. The number of pyridine rings is 1. The van der Waals surface area contributed by atoms with Crippen molar-refractivity contribution in [1.29, 1.82) is 0 Å². The molecule has 21 heavy (non-hydrogen) atoms. The van der Waals surface area contributed by atoms with E-state index < -0.39 is 0 Å². The number of nitrogens with zero attached hydrogens (tertiary/aromatic N) is 3. The molecule has 0 atom stereocenters. The van der Waals surface area contributed by atoms with E-state index >= 15 is 0 Å². The fourth-order valence-corrected chi connectivity index (χ4v) is 2.51. The first-order chi connectivity index (χ1) is 10.1. The Bertz CT molecular complexity index is 781. The van der Waals surface area contributed by atoms with Crippen LogP contribution in [0.15, 0.2) is 47.2 Å². The van der Waals surface area contributed by atoms with Gasteiger partial charge in [-0.25, -0.2) is 9.97 Å². The van der Waals surface area contributed by atoms with Crippen molar-refractivity contribution in [3.05, 3.63) is 53.0 Å². The number of rotatable bonds is 3. The van der Waals surface area contributed by atoms with Crippen molar-refractivity contribution in [3.63, 3.8) is 0 Å². The summed E-state index contributed by atoms with van der Waals surface area (Å²) in [7, 11) is 0. The number of benzene rings is 1. The van der Waals surface area contributed by atoms with Gasteiger partial charge < -0.3 is 5.32 Å². The Hall–Kier alpha value is -2.01. The van der Waals surface area contributed by atoms with E-state index in [2.05, 4.69) is 50.0 Å². The summed E-state index contributed by atoms with van der Waals surface area (Å²) in [4.78, 5) is 13.3. The smallest absolute Gasteiger partial charge is 0.135 e. The molecule has 0 saturated heterocycles. The minimum Gasteiger partial charge on any atom is -0.340 e. The highest BCUT2D eigenvalue weighted by Crippen LogP contribution is 2.26. The Balaban J connectivity index is 2.03. The first-order valence-corrected chi connectivity index (χ1v) is 7.58. The van der Waals surface area contributed by atoms with Crippen LogP contribution in [-0.2, 0) is 0 Å². The fraction of sp³-hybridized carbons (Fsp3) is 0.188. The van der Waals surface area contributed by atoms with E-state index in [0.717, 1.165) is 32.8 Å². The number of nitrogens with one attached hydrogen (secondary N) is 1. The van der Waals surface area contributed by atoms with Gasteiger partial charge in [-0.1, -0.05) is 19.9 Å². The maximum Gasteiger partial charge on any atom is 0.135 e. The molecule has 0 bridgehead atoms. The van der Waals surface area contributed by atoms with Crippen LogP contribution in [-0.4, -0.2) is 15.0 Å². The second-order valence-electron chi connectivity index (χ2n) is 5.09. The number of halogens is 1. The first-order valence-electron chi connectivity index (χ1n) is 6.79. The molecule has 0 amide bonds. The van der Waals surface area contributed by atoms with Gasteiger partial charge in [0.1, 0.15) is 16.2 Å². The van der Waals surface area contributed by atoms with Crippen molar-refractivity contribution in [2.75, 3.05) is 5.32 Å². The third-order valence-corrected chi connectivity index (χ3v) is 3.54. The lowest BCUT2D eigenvalue weighted by Gasteiger charge is -2.11. The second-order valence-corrected chi connectivity index (χ2v) is 5.90. The Morgan fingerprint density at radius 2 is 1.95 bits per heavy atom. The van der Waals surface area contributed by atoms with Gasteiger partial charge in [-0.3, -0.25) is 4.98 Å². The van der Waals surface area contributed by atoms with Gasteiger partial charge in [-0.05, 0) is 40.2 Å². The molecule has 1 aromatic carbocycles. The third-order valence-electron chi connectivity index (χ3n) is 3.14. The van der Waals surface area contributed by atoms with E-state index in [4.69, 9.17) is 0 Å². The number of hydrogen-bond donors (Lipinski definition) is 1. The highest BCUT2D eigenvalue weighted by molar-refractivity contribution is 9.10. The van der Waals surface area contributed by atoms with E-state index in [1.165, 1.54) is 0 Å². The van der Waals surface area contributed by atoms with Crippen molar-refractivity contribution in [2.24, 2.45) is 0 Å². The molecule has 0 aliphatic carbocycles. The molecule has 3 rings (SSSR count). The van der Waals surface area contributed by atoms with Crippen LogP contribution in [0, 0.1) is 0 Å². The maximum atomic E-state index is 4.56. The predicted molar refractivity (Wildman–Crippen MR) is 88.8 cm³/mol. The molecule has 0 spiro atoms. The Morgan fingerprint density at radius 3 is 2.76 bits per heavy atom. The van der Waals surface area contributed by atoms with Gasteiger partial charge in [0.05, 0.1) is 5.52 Å². The Morgan fingerprint density at radius 1 is 1.10 bits per heavy atom. The van der Waals surface area contributed by atoms with Crippen LogP contribution in [0.25, 0.3) is 10.9 Å². The lowest BCUT2D eigenvalue weighted by Crippen LogP contribution is -2.02. The molecule has 0 saturated carbocycles. The Kier molecular flexibility index (Phi) is 3.84. The van der Waals surface area contributed by atoms with Crippen LogP contribution >= 0.6 is 15.9 Å². The van der Waals surface area contributed by atoms with Crippen LogP contribution in [0.1, 0.15) is 25.6 Å². The zero-order chi connectivity index (χ0) is 14.8. The van der Waals surface area contributed by atoms with Crippen molar-refractivity contribution in [3.8, 4) is 0 Å². The van der Waals surface area contributed by atoms with Crippen molar-refractivity contribution < 1.29 is 0 Å². The van der Waals surface area contributed by atoms with Gasteiger partial charge in [0, 0.05) is 29.3 Å².